The zero-order valence-corrected chi connectivity index (χ0v) is 13.5. The Hall–Kier alpha value is -2.15. The van der Waals surface area contributed by atoms with Crippen LogP contribution >= 0.6 is 0 Å². The molecule has 1 aromatic heterocycles. The molecule has 1 aliphatic carbocycles. The number of rotatable bonds is 5. The number of nitrogens with zero attached hydrogens (tertiary/aromatic N) is 1. The Morgan fingerprint density at radius 1 is 1.09 bits per heavy atom. The van der Waals surface area contributed by atoms with E-state index in [1.807, 2.05) is 0 Å². The molecule has 7 heteroatoms. The highest BCUT2D eigenvalue weighted by Gasteiger charge is 2.29. The summed E-state index contributed by atoms with van der Waals surface area (Å²) in [5.74, 6) is -0.724. The summed E-state index contributed by atoms with van der Waals surface area (Å²) in [6.45, 7) is 0.264. The topological polar surface area (TPSA) is 97.8 Å². The molecule has 0 aromatic carbocycles. The second kappa shape index (κ2) is 7.92. The Labute approximate surface area is 135 Å². The fourth-order valence-corrected chi connectivity index (χ4v) is 2.88. The highest BCUT2D eigenvalue weighted by atomic mass is 16.5. The van der Waals surface area contributed by atoms with Crippen molar-refractivity contribution in [1.29, 1.82) is 0 Å². The second-order valence-electron chi connectivity index (χ2n) is 5.34. The lowest BCUT2D eigenvalue weighted by atomic mass is 9.96. The van der Waals surface area contributed by atoms with Crippen molar-refractivity contribution in [2.24, 2.45) is 0 Å². The molecule has 0 unspecified atom stereocenters. The molecule has 0 atom stereocenters. The number of pyridine rings is 1. The highest BCUT2D eigenvalue weighted by Crippen LogP contribution is 2.31. The minimum absolute atomic E-state index is 0.0413. The van der Waals surface area contributed by atoms with Gasteiger partial charge in [0.2, 0.25) is 0 Å². The Bertz CT molecular complexity index is 601. The van der Waals surface area contributed by atoms with Gasteiger partial charge in [0, 0.05) is 6.54 Å². The van der Waals surface area contributed by atoms with E-state index in [4.69, 9.17) is 14.6 Å². The summed E-state index contributed by atoms with van der Waals surface area (Å²) in [5.41, 5.74) is 1.88. The van der Waals surface area contributed by atoms with Gasteiger partial charge >= 0.3 is 11.9 Å². The van der Waals surface area contributed by atoms with Gasteiger partial charge in [0.1, 0.15) is 5.82 Å². The molecule has 1 aromatic rings. The van der Waals surface area contributed by atoms with Crippen molar-refractivity contribution in [3.05, 3.63) is 22.4 Å². The number of fused-ring (bicyclic) bond motifs is 1. The summed E-state index contributed by atoms with van der Waals surface area (Å²) < 4.78 is 9.62. The molecular formula is C16H22N2O5. The van der Waals surface area contributed by atoms with Crippen molar-refractivity contribution >= 4 is 17.8 Å². The van der Waals surface area contributed by atoms with Gasteiger partial charge in [-0.15, -0.1) is 0 Å². The lowest BCUT2D eigenvalue weighted by Gasteiger charge is -2.18. The number of esters is 2. The summed E-state index contributed by atoms with van der Waals surface area (Å²) in [6, 6.07) is 0. The van der Waals surface area contributed by atoms with Crippen molar-refractivity contribution in [2.45, 2.75) is 32.1 Å². The quantitative estimate of drug-likeness (QED) is 0.623. The van der Waals surface area contributed by atoms with E-state index in [1.165, 1.54) is 14.2 Å². The monoisotopic (exact) mass is 322 g/mol. The van der Waals surface area contributed by atoms with Crippen molar-refractivity contribution in [3.63, 3.8) is 0 Å². The third-order valence-electron chi connectivity index (χ3n) is 3.94. The summed E-state index contributed by atoms with van der Waals surface area (Å²) in [5, 5.41) is 12.1. The Kier molecular flexibility index (Phi) is 5.92. The van der Waals surface area contributed by atoms with E-state index in [9.17, 15) is 9.59 Å². The standard InChI is InChI=1S/C16H22N2O5/c1-22-15(20)12-10-6-4-3-5-7-11(10)14(17-8-9-19)18-13(12)16(21)23-2/h19H,3-9H2,1-2H3,(H,17,18). The number of aliphatic hydroxyl groups excluding tert-OH is 1. The molecule has 0 aliphatic heterocycles. The predicted molar refractivity (Wildman–Crippen MR) is 83.8 cm³/mol. The number of aromatic nitrogens is 1. The Balaban J connectivity index is 2.67. The average molecular weight is 322 g/mol. The third-order valence-corrected chi connectivity index (χ3v) is 3.94. The normalized spacial score (nSPS) is 13.7. The highest BCUT2D eigenvalue weighted by molar-refractivity contribution is 6.03. The van der Waals surface area contributed by atoms with Gasteiger partial charge in [0.15, 0.2) is 5.69 Å². The van der Waals surface area contributed by atoms with Crippen LogP contribution in [0.25, 0.3) is 0 Å². The van der Waals surface area contributed by atoms with Crippen LogP contribution in [0.5, 0.6) is 0 Å². The molecule has 2 rings (SSSR count). The van der Waals surface area contributed by atoms with E-state index in [1.54, 1.807) is 0 Å². The minimum Gasteiger partial charge on any atom is -0.465 e. The minimum atomic E-state index is -0.676. The van der Waals surface area contributed by atoms with Crippen LogP contribution in [-0.2, 0) is 22.3 Å². The van der Waals surface area contributed by atoms with Gasteiger partial charge in [-0.2, -0.15) is 0 Å². The fraction of sp³-hybridized carbons (Fsp3) is 0.562. The third kappa shape index (κ3) is 3.61. The van der Waals surface area contributed by atoms with E-state index >= 15 is 0 Å². The van der Waals surface area contributed by atoms with Crippen LogP contribution in [0.3, 0.4) is 0 Å². The Morgan fingerprint density at radius 2 is 1.74 bits per heavy atom. The number of nitrogens with one attached hydrogen (secondary N) is 1. The van der Waals surface area contributed by atoms with Crippen molar-refractivity contribution in [3.8, 4) is 0 Å². The molecule has 0 fully saturated rings. The van der Waals surface area contributed by atoms with Gasteiger partial charge in [-0.05, 0) is 36.8 Å². The van der Waals surface area contributed by atoms with Crippen LogP contribution in [0.4, 0.5) is 5.82 Å². The first-order chi connectivity index (χ1) is 11.1. The molecule has 126 valence electrons. The molecule has 0 saturated heterocycles. The molecule has 0 amide bonds. The summed E-state index contributed by atoms with van der Waals surface area (Å²) in [4.78, 5) is 28.6. The number of hydrogen-bond acceptors (Lipinski definition) is 7. The lowest BCUT2D eigenvalue weighted by Crippen LogP contribution is -2.21. The summed E-state index contributed by atoms with van der Waals surface area (Å²) >= 11 is 0. The van der Waals surface area contributed by atoms with E-state index in [2.05, 4.69) is 10.3 Å². The molecule has 0 bridgehead atoms. The summed E-state index contributed by atoms with van der Waals surface area (Å²) in [7, 11) is 2.53. The van der Waals surface area contributed by atoms with Gasteiger partial charge in [-0.1, -0.05) is 6.42 Å². The van der Waals surface area contributed by atoms with Crippen molar-refractivity contribution in [1.82, 2.24) is 4.98 Å². The van der Waals surface area contributed by atoms with E-state index in [-0.39, 0.29) is 17.9 Å². The van der Waals surface area contributed by atoms with Gasteiger partial charge in [0.05, 0.1) is 26.4 Å². The fourth-order valence-electron chi connectivity index (χ4n) is 2.88. The first-order valence-corrected chi connectivity index (χ1v) is 7.71. The van der Waals surface area contributed by atoms with Crippen molar-refractivity contribution < 1.29 is 24.2 Å². The Morgan fingerprint density at radius 3 is 2.35 bits per heavy atom. The molecule has 2 N–H and O–H groups in total. The van der Waals surface area contributed by atoms with Gasteiger partial charge < -0.3 is 19.9 Å². The number of methoxy groups -OCH3 is 2. The number of hydrogen-bond donors (Lipinski definition) is 2. The van der Waals surface area contributed by atoms with Crippen LogP contribution in [-0.4, -0.2) is 49.4 Å². The first-order valence-electron chi connectivity index (χ1n) is 7.71. The van der Waals surface area contributed by atoms with E-state index < -0.39 is 11.9 Å². The number of carbonyl (C=O) groups is 2. The first kappa shape index (κ1) is 17.2. The van der Waals surface area contributed by atoms with Gasteiger partial charge in [0.25, 0.3) is 0 Å². The van der Waals surface area contributed by atoms with Gasteiger partial charge in [-0.25, -0.2) is 14.6 Å². The smallest absolute Gasteiger partial charge is 0.357 e. The van der Waals surface area contributed by atoms with Gasteiger partial charge in [-0.3, -0.25) is 0 Å². The number of carbonyl (C=O) groups excluding carboxylic acids is 2. The molecule has 7 nitrogen and oxygen atoms in total. The van der Waals surface area contributed by atoms with E-state index in [0.29, 0.717) is 18.8 Å². The van der Waals surface area contributed by atoms with Crippen molar-refractivity contribution in [2.75, 3.05) is 32.7 Å². The summed E-state index contributed by atoms with van der Waals surface area (Å²) in [6.07, 6.45) is 4.41. The number of anilines is 1. The van der Waals surface area contributed by atoms with Crippen LogP contribution in [0.15, 0.2) is 0 Å². The number of aliphatic hydroxyl groups is 1. The average Bonchev–Trinajstić information content (AvgIpc) is 2.83. The number of ether oxygens (including phenoxy) is 2. The predicted octanol–water partition coefficient (Wildman–Crippen LogP) is 1.33. The lowest BCUT2D eigenvalue weighted by molar-refractivity contribution is 0.0548. The van der Waals surface area contributed by atoms with Crippen LogP contribution in [0, 0.1) is 0 Å². The maximum absolute atomic E-state index is 12.2. The molecular weight excluding hydrogens is 300 g/mol. The second-order valence-corrected chi connectivity index (χ2v) is 5.34. The maximum Gasteiger partial charge on any atom is 0.357 e. The zero-order chi connectivity index (χ0) is 16.8. The van der Waals surface area contributed by atoms with Crippen LogP contribution in [0.2, 0.25) is 0 Å². The molecule has 0 spiro atoms. The SMILES string of the molecule is COC(=O)c1nc(NCCO)c2c(c1C(=O)OC)CCCCC2. The van der Waals surface area contributed by atoms with Crippen LogP contribution in [0.1, 0.15) is 51.2 Å². The largest absolute Gasteiger partial charge is 0.465 e. The zero-order valence-electron chi connectivity index (χ0n) is 13.5. The molecule has 1 heterocycles. The molecule has 23 heavy (non-hydrogen) atoms. The molecule has 0 radical (unpaired) electrons. The van der Waals surface area contributed by atoms with Crippen LogP contribution < -0.4 is 5.32 Å². The molecule has 1 aliphatic rings. The molecule has 0 saturated carbocycles. The maximum atomic E-state index is 12.2. The van der Waals surface area contributed by atoms with E-state index in [0.717, 1.165) is 36.8 Å².